The van der Waals surface area contributed by atoms with E-state index in [0.29, 0.717) is 18.0 Å². The van der Waals surface area contributed by atoms with Gasteiger partial charge in [-0.15, -0.1) is 0 Å². The molecule has 1 amide bonds. The minimum Gasteiger partial charge on any atom is -0.355 e. The summed E-state index contributed by atoms with van der Waals surface area (Å²) in [6.45, 7) is 6.82. The molecule has 1 aliphatic heterocycles. The molecule has 0 unspecified atom stereocenters. The van der Waals surface area contributed by atoms with Gasteiger partial charge in [0.1, 0.15) is 0 Å². The number of rotatable bonds is 6. The molecule has 0 saturated carbocycles. The van der Waals surface area contributed by atoms with Gasteiger partial charge in [0.25, 0.3) is 5.91 Å². The van der Waals surface area contributed by atoms with Crippen molar-refractivity contribution in [3.63, 3.8) is 0 Å². The van der Waals surface area contributed by atoms with Crippen molar-refractivity contribution in [2.75, 3.05) is 19.6 Å². The number of likely N-dealkylation sites (tertiary alicyclic amines) is 1. The highest BCUT2D eigenvalue weighted by Gasteiger charge is 2.23. The molecule has 5 nitrogen and oxygen atoms in total. The fraction of sp³-hybridized carbons (Fsp3) is 0.360. The number of hydrogen-bond acceptors (Lipinski definition) is 4. The number of piperidine rings is 1. The molecule has 1 aromatic heterocycles. The lowest BCUT2D eigenvalue weighted by Crippen LogP contribution is -2.40. The molecule has 3 aromatic rings. The molecule has 1 fully saturated rings. The second-order valence-corrected chi connectivity index (χ2v) is 8.11. The lowest BCUT2D eigenvalue weighted by Gasteiger charge is -2.35. The topological polar surface area (TPSA) is 58.4 Å². The maximum atomic E-state index is 12.8. The maximum absolute atomic E-state index is 12.8. The average Bonchev–Trinajstić information content (AvgIpc) is 3.28. The van der Waals surface area contributed by atoms with Crippen LogP contribution >= 0.6 is 0 Å². The van der Waals surface area contributed by atoms with Crippen molar-refractivity contribution in [2.24, 2.45) is 0 Å². The summed E-state index contributed by atoms with van der Waals surface area (Å²) in [6, 6.07) is 18.4. The zero-order valence-corrected chi connectivity index (χ0v) is 17.7. The van der Waals surface area contributed by atoms with E-state index in [-0.39, 0.29) is 11.9 Å². The van der Waals surface area contributed by atoms with Crippen molar-refractivity contribution in [1.82, 2.24) is 15.4 Å². The van der Waals surface area contributed by atoms with Crippen LogP contribution in [0.15, 0.2) is 59.1 Å². The first kappa shape index (κ1) is 20.4. The first-order valence-electron chi connectivity index (χ1n) is 10.7. The highest BCUT2D eigenvalue weighted by atomic mass is 16.5. The van der Waals surface area contributed by atoms with E-state index in [0.717, 1.165) is 18.7 Å². The SMILES string of the molecule is Cc1ccc(-c2cc(C(=O)NC[C@@H](c3ccccc3)N3CCCCC3)no2)cc1C. The van der Waals surface area contributed by atoms with Crippen molar-refractivity contribution in [1.29, 1.82) is 0 Å². The summed E-state index contributed by atoms with van der Waals surface area (Å²) in [7, 11) is 0. The Morgan fingerprint density at radius 1 is 1.03 bits per heavy atom. The molecular weight excluding hydrogens is 374 g/mol. The van der Waals surface area contributed by atoms with Gasteiger partial charge >= 0.3 is 0 Å². The number of nitrogens with one attached hydrogen (secondary N) is 1. The Hall–Kier alpha value is -2.92. The predicted octanol–water partition coefficient (Wildman–Crippen LogP) is 4.92. The third-order valence-electron chi connectivity index (χ3n) is 6.01. The van der Waals surface area contributed by atoms with Crippen LogP contribution in [0.4, 0.5) is 0 Å². The lowest BCUT2D eigenvalue weighted by molar-refractivity contribution is 0.0915. The largest absolute Gasteiger partial charge is 0.355 e. The molecular formula is C25H29N3O2. The highest BCUT2D eigenvalue weighted by Crippen LogP contribution is 2.25. The molecule has 1 aliphatic rings. The average molecular weight is 404 g/mol. The molecule has 0 spiro atoms. The van der Waals surface area contributed by atoms with Gasteiger partial charge in [-0.2, -0.15) is 0 Å². The Balaban J connectivity index is 1.46. The number of aryl methyl sites for hydroxylation is 2. The number of aromatic nitrogens is 1. The van der Waals surface area contributed by atoms with Crippen LogP contribution in [0, 0.1) is 13.8 Å². The van der Waals surface area contributed by atoms with Crippen molar-refractivity contribution in [3.05, 3.63) is 77.0 Å². The van der Waals surface area contributed by atoms with Crippen molar-refractivity contribution < 1.29 is 9.32 Å². The van der Waals surface area contributed by atoms with Gasteiger partial charge in [0.15, 0.2) is 11.5 Å². The summed E-state index contributed by atoms with van der Waals surface area (Å²) in [5, 5.41) is 7.08. The van der Waals surface area contributed by atoms with Gasteiger partial charge in [-0.1, -0.05) is 54.0 Å². The highest BCUT2D eigenvalue weighted by molar-refractivity contribution is 5.93. The minimum atomic E-state index is -0.202. The zero-order valence-electron chi connectivity index (χ0n) is 17.7. The Morgan fingerprint density at radius 2 is 1.80 bits per heavy atom. The van der Waals surface area contributed by atoms with Gasteiger partial charge < -0.3 is 9.84 Å². The Bertz CT molecular complexity index is 991. The molecule has 2 heterocycles. The molecule has 2 aromatic carbocycles. The number of carbonyl (C=O) groups excluding carboxylic acids is 1. The number of benzene rings is 2. The second-order valence-electron chi connectivity index (χ2n) is 8.11. The Morgan fingerprint density at radius 3 is 2.53 bits per heavy atom. The Kier molecular flexibility index (Phi) is 6.29. The first-order valence-corrected chi connectivity index (χ1v) is 10.7. The molecule has 5 heteroatoms. The van der Waals surface area contributed by atoms with E-state index in [9.17, 15) is 4.79 Å². The van der Waals surface area contributed by atoms with E-state index >= 15 is 0 Å². The van der Waals surface area contributed by atoms with Gasteiger partial charge in [0, 0.05) is 18.2 Å². The summed E-state index contributed by atoms with van der Waals surface area (Å²) in [5.41, 5.74) is 4.88. The molecule has 156 valence electrons. The minimum absolute atomic E-state index is 0.168. The predicted molar refractivity (Wildman–Crippen MR) is 118 cm³/mol. The number of carbonyl (C=O) groups is 1. The second kappa shape index (κ2) is 9.26. The number of nitrogens with zero attached hydrogens (tertiary/aromatic N) is 2. The quantitative estimate of drug-likeness (QED) is 0.635. The summed E-state index contributed by atoms with van der Waals surface area (Å²) in [5.74, 6) is 0.408. The lowest BCUT2D eigenvalue weighted by atomic mass is 10.0. The summed E-state index contributed by atoms with van der Waals surface area (Å²) < 4.78 is 5.45. The van der Waals surface area contributed by atoms with Gasteiger partial charge in [0.2, 0.25) is 0 Å². The molecule has 0 aliphatic carbocycles. The maximum Gasteiger partial charge on any atom is 0.273 e. The Labute approximate surface area is 178 Å². The van der Waals surface area contributed by atoms with E-state index in [2.05, 4.69) is 65.6 Å². The van der Waals surface area contributed by atoms with Crippen molar-refractivity contribution in [2.45, 2.75) is 39.2 Å². The van der Waals surface area contributed by atoms with E-state index in [1.807, 2.05) is 12.1 Å². The van der Waals surface area contributed by atoms with Crippen LogP contribution in [0.25, 0.3) is 11.3 Å². The number of hydrogen-bond donors (Lipinski definition) is 1. The monoisotopic (exact) mass is 403 g/mol. The van der Waals surface area contributed by atoms with Gasteiger partial charge in [-0.05, 0) is 62.5 Å². The van der Waals surface area contributed by atoms with Crippen LogP contribution in [0.5, 0.6) is 0 Å². The van der Waals surface area contributed by atoms with E-state index < -0.39 is 0 Å². The summed E-state index contributed by atoms with van der Waals surface area (Å²) >= 11 is 0. The third kappa shape index (κ3) is 4.62. The van der Waals surface area contributed by atoms with E-state index in [4.69, 9.17) is 4.52 Å². The van der Waals surface area contributed by atoms with Crippen molar-refractivity contribution >= 4 is 5.91 Å². The summed E-state index contributed by atoms with van der Waals surface area (Å²) in [6.07, 6.45) is 3.70. The molecule has 1 atom stereocenters. The molecule has 1 saturated heterocycles. The normalized spacial score (nSPS) is 15.7. The molecule has 0 radical (unpaired) electrons. The fourth-order valence-corrected chi connectivity index (χ4v) is 4.06. The summed E-state index contributed by atoms with van der Waals surface area (Å²) in [4.78, 5) is 15.3. The molecule has 1 N–H and O–H groups in total. The van der Waals surface area contributed by atoms with E-state index in [1.54, 1.807) is 6.07 Å². The van der Waals surface area contributed by atoms with Crippen LogP contribution in [-0.4, -0.2) is 35.6 Å². The van der Waals surface area contributed by atoms with Gasteiger partial charge in [0.05, 0.1) is 6.04 Å². The molecule has 4 rings (SSSR count). The standard InChI is InChI=1S/C25H29N3O2/c1-18-11-12-21(15-19(18)2)24-16-22(27-30-24)25(29)26-17-23(20-9-5-3-6-10-20)28-13-7-4-8-14-28/h3,5-6,9-12,15-16,23H,4,7-8,13-14,17H2,1-2H3,(H,26,29)/t23-/m0/s1. The van der Waals surface area contributed by atoms with Crippen LogP contribution in [0.2, 0.25) is 0 Å². The van der Waals surface area contributed by atoms with Gasteiger partial charge in [-0.25, -0.2) is 0 Å². The zero-order chi connectivity index (χ0) is 20.9. The smallest absolute Gasteiger partial charge is 0.273 e. The van der Waals surface area contributed by atoms with Crippen LogP contribution < -0.4 is 5.32 Å². The molecule has 30 heavy (non-hydrogen) atoms. The van der Waals surface area contributed by atoms with Gasteiger partial charge in [-0.3, -0.25) is 9.69 Å². The van der Waals surface area contributed by atoms with E-state index in [1.165, 1.54) is 36.0 Å². The van der Waals surface area contributed by atoms with Crippen LogP contribution in [0.3, 0.4) is 0 Å². The van der Waals surface area contributed by atoms with Crippen LogP contribution in [0.1, 0.15) is 52.5 Å². The van der Waals surface area contributed by atoms with Crippen LogP contribution in [-0.2, 0) is 0 Å². The van der Waals surface area contributed by atoms with Crippen molar-refractivity contribution in [3.8, 4) is 11.3 Å². The third-order valence-corrected chi connectivity index (χ3v) is 6.01. The first-order chi connectivity index (χ1) is 14.6. The fourth-order valence-electron chi connectivity index (χ4n) is 4.06. The molecule has 0 bridgehead atoms. The number of amides is 1.